The van der Waals surface area contributed by atoms with Gasteiger partial charge in [-0.05, 0) is 54.8 Å². The zero-order valence-electron chi connectivity index (χ0n) is 15.6. The van der Waals surface area contributed by atoms with Gasteiger partial charge in [-0.1, -0.05) is 36.4 Å². The first-order chi connectivity index (χ1) is 13.5. The molecule has 2 amide bonds. The molecule has 6 heteroatoms. The van der Waals surface area contributed by atoms with Crippen molar-refractivity contribution in [2.24, 2.45) is 5.10 Å². The average Bonchev–Trinajstić information content (AvgIpc) is 2.71. The van der Waals surface area contributed by atoms with Crippen LogP contribution in [0, 0.1) is 13.8 Å². The average molecular weight is 372 g/mol. The highest BCUT2D eigenvalue weighted by molar-refractivity contribution is 6.08. The van der Waals surface area contributed by atoms with E-state index in [4.69, 9.17) is 0 Å². The first-order valence-corrected chi connectivity index (χ1v) is 8.76. The van der Waals surface area contributed by atoms with Crippen molar-refractivity contribution < 1.29 is 9.59 Å². The largest absolute Gasteiger partial charge is 0.320 e. The Hall–Kier alpha value is -3.80. The van der Waals surface area contributed by atoms with Crippen molar-refractivity contribution in [3.8, 4) is 0 Å². The molecule has 28 heavy (non-hydrogen) atoms. The monoisotopic (exact) mass is 372 g/mol. The number of nitrogens with zero attached hydrogens (tertiary/aromatic N) is 2. The number of aromatic nitrogens is 1. The molecule has 0 fully saturated rings. The van der Waals surface area contributed by atoms with Crippen molar-refractivity contribution in [2.75, 3.05) is 5.32 Å². The van der Waals surface area contributed by atoms with Crippen LogP contribution in [0.4, 0.5) is 5.69 Å². The summed E-state index contributed by atoms with van der Waals surface area (Å²) in [7, 11) is 0. The summed E-state index contributed by atoms with van der Waals surface area (Å²) >= 11 is 0. The number of hydrogen-bond acceptors (Lipinski definition) is 4. The number of carbonyl (C=O) groups is 2. The minimum atomic E-state index is -0.419. The van der Waals surface area contributed by atoms with Crippen LogP contribution in [0.2, 0.25) is 0 Å². The van der Waals surface area contributed by atoms with Crippen LogP contribution in [0.15, 0.2) is 72.0 Å². The number of amides is 2. The van der Waals surface area contributed by atoms with Gasteiger partial charge in [0, 0.05) is 6.20 Å². The van der Waals surface area contributed by atoms with E-state index in [0.29, 0.717) is 11.3 Å². The van der Waals surface area contributed by atoms with Gasteiger partial charge in [0.25, 0.3) is 11.8 Å². The molecule has 0 aliphatic carbocycles. The third-order valence-electron chi connectivity index (χ3n) is 4.23. The molecule has 0 unspecified atom stereocenters. The molecule has 3 aromatic rings. The Morgan fingerprint density at radius 3 is 2.46 bits per heavy atom. The Morgan fingerprint density at radius 1 is 0.929 bits per heavy atom. The summed E-state index contributed by atoms with van der Waals surface area (Å²) < 4.78 is 0. The molecule has 0 spiro atoms. The minimum absolute atomic E-state index is 0.269. The Morgan fingerprint density at radius 2 is 1.71 bits per heavy atom. The number of benzene rings is 2. The van der Waals surface area contributed by atoms with E-state index in [-0.39, 0.29) is 11.6 Å². The third kappa shape index (κ3) is 4.67. The Bertz CT molecular complexity index is 1030. The number of hydrogen-bond donors (Lipinski definition) is 2. The standard InChI is InChI=1S/C22H20N4O2/c1-15-10-11-17(13-16(15)2)14-24-26-21(27)18-7-3-4-8-19(18)25-22(28)20-9-5-6-12-23-20/h3-14H,1-2H3,(H,25,28)(H,26,27)/b24-14+. The highest BCUT2D eigenvalue weighted by Crippen LogP contribution is 2.16. The second-order valence-electron chi connectivity index (χ2n) is 6.26. The molecule has 2 aromatic carbocycles. The van der Waals surface area contributed by atoms with E-state index in [2.05, 4.69) is 20.8 Å². The maximum Gasteiger partial charge on any atom is 0.274 e. The van der Waals surface area contributed by atoms with Crippen LogP contribution in [0.1, 0.15) is 37.5 Å². The van der Waals surface area contributed by atoms with Gasteiger partial charge in [0.1, 0.15) is 5.69 Å². The molecule has 0 saturated carbocycles. The molecule has 2 N–H and O–H groups in total. The third-order valence-corrected chi connectivity index (χ3v) is 4.23. The van der Waals surface area contributed by atoms with Gasteiger partial charge in [-0.3, -0.25) is 14.6 Å². The zero-order valence-corrected chi connectivity index (χ0v) is 15.6. The smallest absolute Gasteiger partial charge is 0.274 e. The van der Waals surface area contributed by atoms with E-state index >= 15 is 0 Å². The van der Waals surface area contributed by atoms with Gasteiger partial charge in [0.2, 0.25) is 0 Å². The molecule has 0 aliphatic heterocycles. The van der Waals surface area contributed by atoms with Crippen LogP contribution in [-0.4, -0.2) is 23.0 Å². The quantitative estimate of drug-likeness (QED) is 0.529. The molecular weight excluding hydrogens is 352 g/mol. The summed E-state index contributed by atoms with van der Waals surface area (Å²) in [6, 6.07) is 17.7. The van der Waals surface area contributed by atoms with E-state index in [0.717, 1.165) is 11.1 Å². The summed E-state index contributed by atoms with van der Waals surface area (Å²) in [5.41, 5.74) is 6.70. The van der Waals surface area contributed by atoms with Crippen molar-refractivity contribution in [3.63, 3.8) is 0 Å². The van der Waals surface area contributed by atoms with E-state index in [1.54, 1.807) is 48.7 Å². The molecule has 0 saturated heterocycles. The van der Waals surface area contributed by atoms with Gasteiger partial charge < -0.3 is 5.32 Å². The van der Waals surface area contributed by atoms with Gasteiger partial charge in [0.15, 0.2) is 0 Å². The van der Waals surface area contributed by atoms with Gasteiger partial charge in [-0.2, -0.15) is 5.10 Å². The minimum Gasteiger partial charge on any atom is -0.320 e. The van der Waals surface area contributed by atoms with Crippen LogP contribution in [0.5, 0.6) is 0 Å². The molecule has 0 radical (unpaired) electrons. The van der Waals surface area contributed by atoms with E-state index in [9.17, 15) is 9.59 Å². The lowest BCUT2D eigenvalue weighted by molar-refractivity contribution is 0.0956. The highest BCUT2D eigenvalue weighted by atomic mass is 16.2. The van der Waals surface area contributed by atoms with E-state index < -0.39 is 5.91 Å². The lowest BCUT2D eigenvalue weighted by Crippen LogP contribution is -2.21. The highest BCUT2D eigenvalue weighted by Gasteiger charge is 2.14. The first kappa shape index (κ1) is 19.0. The fraction of sp³-hybridized carbons (Fsp3) is 0.0909. The number of rotatable bonds is 5. The van der Waals surface area contributed by atoms with Gasteiger partial charge >= 0.3 is 0 Å². The Labute approximate surface area is 163 Å². The van der Waals surface area contributed by atoms with Crippen molar-refractivity contribution in [1.82, 2.24) is 10.4 Å². The van der Waals surface area contributed by atoms with Gasteiger partial charge in [0.05, 0.1) is 17.5 Å². The number of aryl methyl sites for hydroxylation is 2. The number of hydrazone groups is 1. The van der Waals surface area contributed by atoms with Crippen LogP contribution in [0.3, 0.4) is 0 Å². The van der Waals surface area contributed by atoms with Crippen LogP contribution >= 0.6 is 0 Å². The molecule has 1 heterocycles. The van der Waals surface area contributed by atoms with Crippen molar-refractivity contribution >= 4 is 23.7 Å². The van der Waals surface area contributed by atoms with Crippen molar-refractivity contribution in [1.29, 1.82) is 0 Å². The molecule has 3 rings (SSSR count). The summed E-state index contributed by atoms with van der Waals surface area (Å²) in [5, 5.41) is 6.73. The molecule has 140 valence electrons. The molecule has 0 atom stereocenters. The normalized spacial score (nSPS) is 10.6. The first-order valence-electron chi connectivity index (χ1n) is 8.76. The lowest BCUT2D eigenvalue weighted by Gasteiger charge is -2.09. The number of nitrogens with one attached hydrogen (secondary N) is 2. The predicted octanol–water partition coefficient (Wildman–Crippen LogP) is 3.71. The molecule has 0 aliphatic rings. The second-order valence-corrected chi connectivity index (χ2v) is 6.26. The van der Waals surface area contributed by atoms with Crippen molar-refractivity contribution in [2.45, 2.75) is 13.8 Å². The summed E-state index contributed by atoms with van der Waals surface area (Å²) in [6.07, 6.45) is 3.12. The maximum atomic E-state index is 12.5. The number of pyridine rings is 1. The summed E-state index contributed by atoms with van der Waals surface area (Å²) in [6.45, 7) is 4.06. The van der Waals surface area contributed by atoms with E-state index in [1.165, 1.54) is 11.8 Å². The SMILES string of the molecule is Cc1ccc(/C=N/NC(=O)c2ccccc2NC(=O)c2ccccn2)cc1C. The molecule has 0 bridgehead atoms. The number of carbonyl (C=O) groups excluding carboxylic acids is 2. The van der Waals surface area contributed by atoms with Crippen LogP contribution in [-0.2, 0) is 0 Å². The van der Waals surface area contributed by atoms with Crippen molar-refractivity contribution in [3.05, 3.63) is 94.8 Å². The number of para-hydroxylation sites is 1. The van der Waals surface area contributed by atoms with Crippen LogP contribution in [0.25, 0.3) is 0 Å². The van der Waals surface area contributed by atoms with E-state index in [1.807, 2.05) is 32.0 Å². The van der Waals surface area contributed by atoms with Crippen LogP contribution < -0.4 is 10.7 Å². The molecule has 6 nitrogen and oxygen atoms in total. The molecule has 1 aromatic heterocycles. The predicted molar refractivity (Wildman–Crippen MR) is 110 cm³/mol. The summed E-state index contributed by atoms with van der Waals surface area (Å²) in [4.78, 5) is 28.8. The molecular formula is C22H20N4O2. The summed E-state index contributed by atoms with van der Waals surface area (Å²) in [5.74, 6) is -0.809. The lowest BCUT2D eigenvalue weighted by atomic mass is 10.1. The topological polar surface area (TPSA) is 83.5 Å². The second kappa shape index (κ2) is 8.73. The maximum absolute atomic E-state index is 12.5. The zero-order chi connectivity index (χ0) is 19.9. The Kier molecular flexibility index (Phi) is 5.91. The fourth-order valence-corrected chi connectivity index (χ4v) is 2.54. The van der Waals surface area contributed by atoms with Gasteiger partial charge in [-0.25, -0.2) is 5.43 Å². The fourth-order valence-electron chi connectivity index (χ4n) is 2.54. The number of anilines is 1. The Balaban J connectivity index is 1.71. The van der Waals surface area contributed by atoms with Gasteiger partial charge in [-0.15, -0.1) is 0 Å².